The molecule has 0 heterocycles. The van der Waals surface area contributed by atoms with Crippen molar-refractivity contribution in [3.05, 3.63) is 0 Å². The van der Waals surface area contributed by atoms with Gasteiger partial charge in [-0.15, -0.1) is 0 Å². The van der Waals surface area contributed by atoms with Crippen molar-refractivity contribution in [3.8, 4) is 0 Å². The lowest BCUT2D eigenvalue weighted by atomic mass is 10.9. The van der Waals surface area contributed by atoms with E-state index in [1.54, 1.807) is 0 Å². The molecule has 0 bridgehead atoms. The lowest BCUT2D eigenvalue weighted by Crippen LogP contribution is -1.78. The smallest absolute Gasteiger partial charge is 0.300 e. The molecule has 1 N–H and O–H groups in total. The maximum Gasteiger partial charge on any atom is 0.300 e. The monoisotopic (exact) mass is 168 g/mol. The van der Waals surface area contributed by atoms with Crippen molar-refractivity contribution in [1.29, 1.82) is 0 Å². The number of carboxylic acid groups (broad SMARTS) is 1. The van der Waals surface area contributed by atoms with Crippen LogP contribution in [-0.2, 0) is 4.79 Å². The topological polar surface area (TPSA) is 37.3 Å². The highest BCUT2D eigenvalue weighted by molar-refractivity contribution is 7.99. The van der Waals surface area contributed by atoms with Crippen LogP contribution in [-0.4, -0.2) is 28.8 Å². The fraction of sp³-hybridized carbons (Fsp3) is 0.800. The minimum atomic E-state index is -0.833. The van der Waals surface area contributed by atoms with Crippen molar-refractivity contribution in [1.82, 2.24) is 0 Å². The maximum atomic E-state index is 9.00. The van der Waals surface area contributed by atoms with Gasteiger partial charge in [0.1, 0.15) is 0 Å². The van der Waals surface area contributed by atoms with Gasteiger partial charge in [-0.25, -0.2) is 0 Å². The quantitative estimate of drug-likeness (QED) is 0.611. The SMILES string of the molecule is CC(=O)O.CSCCS. The van der Waals surface area contributed by atoms with E-state index in [9.17, 15) is 0 Å². The normalized spacial score (nSPS) is 7.44. The molecule has 0 rings (SSSR count). The number of hydrogen-bond donors (Lipinski definition) is 2. The van der Waals surface area contributed by atoms with E-state index in [1.807, 2.05) is 11.8 Å². The van der Waals surface area contributed by atoms with Gasteiger partial charge in [0.05, 0.1) is 0 Å². The van der Waals surface area contributed by atoms with Crippen LogP contribution in [0.3, 0.4) is 0 Å². The molecule has 0 aromatic rings. The van der Waals surface area contributed by atoms with Crippen LogP contribution in [0.2, 0.25) is 0 Å². The first-order valence-corrected chi connectivity index (χ1v) is 4.47. The summed E-state index contributed by atoms with van der Waals surface area (Å²) in [5, 5.41) is 7.42. The van der Waals surface area contributed by atoms with Crippen LogP contribution in [0.25, 0.3) is 0 Å². The van der Waals surface area contributed by atoms with Crippen molar-refractivity contribution in [2.24, 2.45) is 0 Å². The van der Waals surface area contributed by atoms with Crippen LogP contribution < -0.4 is 0 Å². The molecule has 2 nitrogen and oxygen atoms in total. The molecule has 0 aromatic heterocycles. The molecule has 56 valence electrons. The van der Waals surface area contributed by atoms with E-state index in [0.717, 1.165) is 12.7 Å². The van der Waals surface area contributed by atoms with Gasteiger partial charge in [0.15, 0.2) is 0 Å². The molecule has 0 aliphatic carbocycles. The second-order valence-electron chi connectivity index (χ2n) is 1.24. The molecule has 0 saturated carbocycles. The third kappa shape index (κ3) is 66.1. The minimum Gasteiger partial charge on any atom is -0.481 e. The molecule has 4 heteroatoms. The van der Waals surface area contributed by atoms with E-state index < -0.39 is 5.97 Å². The van der Waals surface area contributed by atoms with Crippen LogP contribution in [0.1, 0.15) is 6.92 Å². The van der Waals surface area contributed by atoms with E-state index >= 15 is 0 Å². The van der Waals surface area contributed by atoms with E-state index in [2.05, 4.69) is 18.9 Å². The highest BCUT2D eigenvalue weighted by atomic mass is 32.2. The Kier molecular flexibility index (Phi) is 14.6. The zero-order valence-corrected chi connectivity index (χ0v) is 7.34. The number of rotatable bonds is 2. The van der Waals surface area contributed by atoms with Crippen LogP contribution in [0.4, 0.5) is 0 Å². The van der Waals surface area contributed by atoms with Gasteiger partial charge in [-0.2, -0.15) is 24.4 Å². The molecule has 9 heavy (non-hydrogen) atoms. The molecule has 0 amide bonds. The van der Waals surface area contributed by atoms with E-state index in [4.69, 9.17) is 9.90 Å². The van der Waals surface area contributed by atoms with Gasteiger partial charge in [-0.3, -0.25) is 4.79 Å². The molecular formula is C5H12O2S2. The molecular weight excluding hydrogens is 156 g/mol. The Morgan fingerprint density at radius 2 is 2.11 bits per heavy atom. The Morgan fingerprint density at radius 3 is 2.11 bits per heavy atom. The molecule has 0 atom stereocenters. The van der Waals surface area contributed by atoms with Crippen molar-refractivity contribution >= 4 is 30.4 Å². The van der Waals surface area contributed by atoms with Crippen molar-refractivity contribution in [2.75, 3.05) is 17.8 Å². The Labute approximate surface area is 65.4 Å². The van der Waals surface area contributed by atoms with Crippen LogP contribution in [0.5, 0.6) is 0 Å². The van der Waals surface area contributed by atoms with E-state index in [1.165, 1.54) is 5.75 Å². The van der Waals surface area contributed by atoms with Gasteiger partial charge < -0.3 is 5.11 Å². The average Bonchev–Trinajstić information content (AvgIpc) is 1.66. The highest BCUT2D eigenvalue weighted by Gasteiger charge is 1.68. The Bertz CT molecular complexity index is 60.0. The highest BCUT2D eigenvalue weighted by Crippen LogP contribution is 1.89. The summed E-state index contributed by atoms with van der Waals surface area (Å²) in [6.45, 7) is 1.08. The molecule has 0 fully saturated rings. The maximum absolute atomic E-state index is 9.00. The van der Waals surface area contributed by atoms with Gasteiger partial charge in [-0.05, 0) is 12.0 Å². The zero-order chi connectivity index (χ0) is 7.70. The summed E-state index contributed by atoms with van der Waals surface area (Å²) in [5.41, 5.74) is 0. The van der Waals surface area contributed by atoms with Gasteiger partial charge in [0.2, 0.25) is 0 Å². The zero-order valence-electron chi connectivity index (χ0n) is 5.63. The third-order valence-electron chi connectivity index (χ3n) is 0.295. The number of hydrogen-bond acceptors (Lipinski definition) is 3. The lowest BCUT2D eigenvalue weighted by Gasteiger charge is -1.79. The first-order chi connectivity index (χ1) is 4.15. The predicted molar refractivity (Wildman–Crippen MR) is 45.5 cm³/mol. The Morgan fingerprint density at radius 1 is 1.78 bits per heavy atom. The fourth-order valence-corrected chi connectivity index (χ4v) is 0.822. The molecule has 0 aliphatic heterocycles. The van der Waals surface area contributed by atoms with Crippen LogP contribution >= 0.6 is 24.4 Å². The van der Waals surface area contributed by atoms with Gasteiger partial charge in [-0.1, -0.05) is 0 Å². The van der Waals surface area contributed by atoms with Gasteiger partial charge in [0.25, 0.3) is 5.97 Å². The summed E-state index contributed by atoms with van der Waals surface area (Å²) in [7, 11) is 0. The Hall–Kier alpha value is 0.170. The first kappa shape index (κ1) is 11.9. The summed E-state index contributed by atoms with van der Waals surface area (Å²) in [4.78, 5) is 9.00. The number of thiol groups is 1. The minimum absolute atomic E-state index is 0.833. The summed E-state index contributed by atoms with van der Waals surface area (Å²) < 4.78 is 0. The molecule has 0 radical (unpaired) electrons. The van der Waals surface area contributed by atoms with E-state index in [-0.39, 0.29) is 0 Å². The van der Waals surface area contributed by atoms with Gasteiger partial charge >= 0.3 is 0 Å². The average molecular weight is 168 g/mol. The number of aliphatic carboxylic acids is 1. The summed E-state index contributed by atoms with van der Waals surface area (Å²) >= 11 is 5.81. The van der Waals surface area contributed by atoms with Crippen LogP contribution in [0, 0.1) is 0 Å². The number of carbonyl (C=O) groups is 1. The van der Waals surface area contributed by atoms with Crippen molar-refractivity contribution in [3.63, 3.8) is 0 Å². The third-order valence-corrected chi connectivity index (χ3v) is 1.43. The Balaban J connectivity index is 0. The molecule has 0 unspecified atom stereocenters. The van der Waals surface area contributed by atoms with E-state index in [0.29, 0.717) is 0 Å². The molecule has 0 spiro atoms. The molecule has 0 saturated heterocycles. The molecule has 0 aromatic carbocycles. The summed E-state index contributed by atoms with van der Waals surface area (Å²) in [5.74, 6) is 1.34. The molecule has 0 aliphatic rings. The summed E-state index contributed by atoms with van der Waals surface area (Å²) in [6, 6.07) is 0. The van der Waals surface area contributed by atoms with Crippen molar-refractivity contribution in [2.45, 2.75) is 6.92 Å². The first-order valence-electron chi connectivity index (χ1n) is 2.44. The second-order valence-corrected chi connectivity index (χ2v) is 2.67. The lowest BCUT2D eigenvalue weighted by molar-refractivity contribution is -0.134. The predicted octanol–water partition coefficient (Wildman–Crippen LogP) is 1.37. The number of thioether (sulfide) groups is 1. The fourth-order valence-electron chi connectivity index (χ4n) is 0.0913. The van der Waals surface area contributed by atoms with Crippen LogP contribution in [0.15, 0.2) is 0 Å². The number of carboxylic acids is 1. The standard InChI is InChI=1S/C3H8S2.C2H4O2/c1-5-3-2-4;1-2(3)4/h4H,2-3H2,1H3;1H3,(H,3,4). The largest absolute Gasteiger partial charge is 0.481 e. The summed E-state index contributed by atoms with van der Waals surface area (Å²) in [6.07, 6.45) is 2.08. The van der Waals surface area contributed by atoms with Crippen molar-refractivity contribution < 1.29 is 9.90 Å². The second kappa shape index (κ2) is 11.0. The van der Waals surface area contributed by atoms with Gasteiger partial charge in [0, 0.05) is 12.7 Å².